The molecule has 3 heteroatoms. The number of fused-ring (bicyclic) bond motifs is 2. The largest absolute Gasteiger partial charge is 0.491 e. The zero-order chi connectivity index (χ0) is 26.8. The van der Waals surface area contributed by atoms with E-state index in [0.29, 0.717) is 30.9 Å². The third kappa shape index (κ3) is 5.34. The summed E-state index contributed by atoms with van der Waals surface area (Å²) in [5.74, 6) is 2.38. The molecule has 0 radical (unpaired) electrons. The molecule has 1 heterocycles. The van der Waals surface area contributed by atoms with Crippen LogP contribution in [0.4, 0.5) is 0 Å². The maximum Gasteiger partial charge on any atom is 0.255 e. The normalized spacial score (nSPS) is 16.1. The van der Waals surface area contributed by atoms with E-state index in [9.17, 15) is 4.79 Å². The number of benzene rings is 4. The lowest BCUT2D eigenvalue weighted by atomic mass is 9.87. The highest BCUT2D eigenvalue weighted by Gasteiger charge is 2.31. The van der Waals surface area contributed by atoms with E-state index in [-0.39, 0.29) is 11.9 Å². The van der Waals surface area contributed by atoms with Crippen molar-refractivity contribution >= 4 is 16.7 Å². The fourth-order valence-electron chi connectivity index (χ4n) is 5.44. The van der Waals surface area contributed by atoms with E-state index in [1.807, 2.05) is 35.2 Å². The molecule has 0 N–H and O–H groups in total. The first-order chi connectivity index (χ1) is 18.3. The first-order valence-electron chi connectivity index (χ1n) is 13.9. The molecule has 0 aliphatic carbocycles. The Morgan fingerprint density at radius 3 is 2.29 bits per heavy atom. The van der Waals surface area contributed by atoms with Gasteiger partial charge in [0.25, 0.3) is 5.91 Å². The van der Waals surface area contributed by atoms with Crippen LogP contribution >= 0.6 is 0 Å². The second-order valence-corrected chi connectivity index (χ2v) is 11.4. The van der Waals surface area contributed by atoms with Crippen molar-refractivity contribution in [3.63, 3.8) is 0 Å². The summed E-state index contributed by atoms with van der Waals surface area (Å²) in [5.41, 5.74) is 5.88. The Kier molecular flexibility index (Phi) is 7.56. The minimum Gasteiger partial charge on any atom is -0.491 e. The lowest BCUT2D eigenvalue weighted by molar-refractivity contribution is 0.0568. The number of nitrogens with zero attached hydrogens (tertiary/aromatic N) is 1. The number of hydrogen-bond donors (Lipinski definition) is 0. The molecule has 0 aromatic heterocycles. The maximum absolute atomic E-state index is 14.1. The quantitative estimate of drug-likeness (QED) is 0.252. The molecule has 5 rings (SSSR count). The third-order valence-corrected chi connectivity index (χ3v) is 8.22. The molecule has 38 heavy (non-hydrogen) atoms. The summed E-state index contributed by atoms with van der Waals surface area (Å²) >= 11 is 0. The van der Waals surface area contributed by atoms with Gasteiger partial charge in [-0.25, -0.2) is 0 Å². The summed E-state index contributed by atoms with van der Waals surface area (Å²) in [5, 5.41) is 2.08. The molecule has 1 aliphatic rings. The van der Waals surface area contributed by atoms with Crippen molar-refractivity contribution in [3.05, 3.63) is 113 Å². The average Bonchev–Trinajstić information content (AvgIpc) is 2.94. The van der Waals surface area contributed by atoms with E-state index in [4.69, 9.17) is 4.74 Å². The smallest absolute Gasteiger partial charge is 0.255 e. The molecular formula is C35H39NO2. The molecule has 3 nitrogen and oxygen atoms in total. The summed E-state index contributed by atoms with van der Waals surface area (Å²) in [6.07, 6.45) is 0.784. The monoisotopic (exact) mass is 505 g/mol. The van der Waals surface area contributed by atoms with Crippen molar-refractivity contribution in [2.24, 2.45) is 5.92 Å². The number of ether oxygens (including phenoxy) is 1. The maximum atomic E-state index is 14.1. The van der Waals surface area contributed by atoms with Crippen LogP contribution in [0, 0.1) is 5.92 Å². The Morgan fingerprint density at radius 1 is 0.842 bits per heavy atom. The molecule has 1 amide bonds. The van der Waals surface area contributed by atoms with Crippen LogP contribution in [0.2, 0.25) is 0 Å². The Balaban J connectivity index is 1.46. The number of amides is 1. The predicted molar refractivity (Wildman–Crippen MR) is 157 cm³/mol. The molecule has 0 fully saturated rings. The lowest BCUT2D eigenvalue weighted by Crippen LogP contribution is -2.47. The minimum atomic E-state index is -0.0509. The van der Waals surface area contributed by atoms with Gasteiger partial charge in [0.15, 0.2) is 0 Å². The van der Waals surface area contributed by atoms with E-state index in [1.165, 1.54) is 22.3 Å². The van der Waals surface area contributed by atoms with Crippen LogP contribution in [0.3, 0.4) is 0 Å². The highest BCUT2D eigenvalue weighted by molar-refractivity contribution is 6.07. The number of carbonyl (C=O) groups excluding carboxylic acids is 1. The van der Waals surface area contributed by atoms with Gasteiger partial charge in [0.05, 0.1) is 6.04 Å². The van der Waals surface area contributed by atoms with Crippen LogP contribution in [0.1, 0.15) is 79.1 Å². The zero-order valence-corrected chi connectivity index (χ0v) is 23.3. The van der Waals surface area contributed by atoms with Crippen molar-refractivity contribution in [1.29, 1.82) is 0 Å². The molecule has 4 aromatic carbocycles. The molecule has 2 atom stereocenters. The standard InChI is InChI=1S/C35H39NO2/c1-23(2)25(5)30-17-29(24(3)4)19-32(20-30)38-22-31-18-27-12-6-7-13-28(27)21-36(31)35(37)34-16-10-14-26-11-8-9-15-33(26)34/h6-17,19-20,23-25,31H,18,21-22H2,1-5H3/t25?,31-/m0/s1. The Labute approximate surface area is 227 Å². The van der Waals surface area contributed by atoms with E-state index < -0.39 is 0 Å². The average molecular weight is 506 g/mol. The molecule has 1 unspecified atom stereocenters. The predicted octanol–water partition coefficient (Wildman–Crippen LogP) is 8.37. The highest BCUT2D eigenvalue weighted by atomic mass is 16.5. The number of carbonyl (C=O) groups is 1. The number of rotatable bonds is 7. The van der Waals surface area contributed by atoms with Crippen LogP contribution in [-0.2, 0) is 13.0 Å². The third-order valence-electron chi connectivity index (χ3n) is 8.22. The van der Waals surface area contributed by atoms with Gasteiger partial charge in [-0.3, -0.25) is 4.79 Å². The molecule has 0 saturated carbocycles. The topological polar surface area (TPSA) is 29.5 Å². The van der Waals surface area contributed by atoms with Gasteiger partial charge in [0.1, 0.15) is 12.4 Å². The van der Waals surface area contributed by atoms with Crippen LogP contribution < -0.4 is 4.74 Å². The van der Waals surface area contributed by atoms with Gasteiger partial charge in [-0.15, -0.1) is 0 Å². The van der Waals surface area contributed by atoms with Crippen LogP contribution in [0.15, 0.2) is 84.9 Å². The van der Waals surface area contributed by atoms with Gasteiger partial charge in [-0.2, -0.15) is 0 Å². The first kappa shape index (κ1) is 26.0. The van der Waals surface area contributed by atoms with Crippen LogP contribution in [-0.4, -0.2) is 23.5 Å². The van der Waals surface area contributed by atoms with Crippen LogP contribution in [0.5, 0.6) is 5.75 Å². The van der Waals surface area contributed by atoms with E-state index in [1.54, 1.807) is 0 Å². The summed E-state index contributed by atoms with van der Waals surface area (Å²) in [7, 11) is 0. The van der Waals surface area contributed by atoms with Crippen molar-refractivity contribution in [1.82, 2.24) is 4.90 Å². The Morgan fingerprint density at radius 2 is 1.53 bits per heavy atom. The molecule has 196 valence electrons. The van der Waals surface area contributed by atoms with Gasteiger partial charge in [-0.1, -0.05) is 101 Å². The van der Waals surface area contributed by atoms with Gasteiger partial charge < -0.3 is 9.64 Å². The van der Waals surface area contributed by atoms with Gasteiger partial charge in [0, 0.05) is 12.1 Å². The Hall–Kier alpha value is -3.59. The molecule has 4 aromatic rings. The fourth-order valence-corrected chi connectivity index (χ4v) is 5.44. The summed E-state index contributed by atoms with van der Waals surface area (Å²) in [4.78, 5) is 16.1. The van der Waals surface area contributed by atoms with E-state index in [2.05, 4.69) is 89.2 Å². The lowest BCUT2D eigenvalue weighted by Gasteiger charge is -2.37. The van der Waals surface area contributed by atoms with Gasteiger partial charge in [0.2, 0.25) is 0 Å². The Bertz CT molecular complexity index is 1430. The van der Waals surface area contributed by atoms with Gasteiger partial charge in [-0.05, 0) is 75.4 Å². The minimum absolute atomic E-state index is 0.0509. The summed E-state index contributed by atoms with van der Waals surface area (Å²) < 4.78 is 6.53. The van der Waals surface area contributed by atoms with Crippen molar-refractivity contribution in [2.75, 3.05) is 6.61 Å². The van der Waals surface area contributed by atoms with E-state index in [0.717, 1.165) is 28.5 Å². The molecule has 1 aliphatic heterocycles. The van der Waals surface area contributed by atoms with E-state index >= 15 is 0 Å². The molecular weight excluding hydrogens is 466 g/mol. The number of hydrogen-bond acceptors (Lipinski definition) is 2. The second kappa shape index (κ2) is 11.0. The van der Waals surface area contributed by atoms with Crippen molar-refractivity contribution in [2.45, 2.75) is 65.5 Å². The van der Waals surface area contributed by atoms with Crippen molar-refractivity contribution in [3.8, 4) is 5.75 Å². The van der Waals surface area contributed by atoms with Crippen LogP contribution in [0.25, 0.3) is 10.8 Å². The SMILES string of the molecule is CC(C)c1cc(OC[C@@H]2Cc3ccccc3CN2C(=O)c2cccc3ccccc23)cc(C(C)C(C)C)c1. The fraction of sp³-hybridized carbons (Fsp3) is 0.343. The van der Waals surface area contributed by atoms with Gasteiger partial charge >= 0.3 is 0 Å². The highest BCUT2D eigenvalue weighted by Crippen LogP contribution is 2.32. The van der Waals surface area contributed by atoms with Crippen molar-refractivity contribution < 1.29 is 9.53 Å². The molecule has 0 spiro atoms. The zero-order valence-electron chi connectivity index (χ0n) is 23.3. The first-order valence-corrected chi connectivity index (χ1v) is 13.9. The summed E-state index contributed by atoms with van der Waals surface area (Å²) in [6.45, 7) is 12.3. The molecule has 0 saturated heterocycles. The molecule has 0 bridgehead atoms. The summed E-state index contributed by atoms with van der Waals surface area (Å²) in [6, 6.07) is 29.3. The second-order valence-electron chi connectivity index (χ2n) is 11.4.